The summed E-state index contributed by atoms with van der Waals surface area (Å²) in [4.78, 5) is 5.13. The van der Waals surface area contributed by atoms with Crippen LogP contribution in [0.1, 0.15) is 12.5 Å². The minimum absolute atomic E-state index is 0.711. The van der Waals surface area contributed by atoms with E-state index in [1.54, 1.807) is 0 Å². The van der Waals surface area contributed by atoms with Crippen LogP contribution in [0.25, 0.3) is 0 Å². The molecule has 0 saturated heterocycles. The Hall–Kier alpha value is -1.65. The largest absolute Gasteiger partial charge is 0.345 e. The Morgan fingerprint density at radius 3 is 2.45 bits per heavy atom. The topological polar surface area (TPSA) is 29.4 Å². The van der Waals surface area contributed by atoms with Crippen molar-refractivity contribution in [1.82, 2.24) is 4.90 Å². The zero-order valence-corrected chi connectivity index (χ0v) is 12.8. The first-order chi connectivity index (χ1) is 9.69. The van der Waals surface area contributed by atoms with Gasteiger partial charge in [0, 0.05) is 35.9 Å². The van der Waals surface area contributed by atoms with Crippen molar-refractivity contribution in [2.45, 2.75) is 13.5 Å². The van der Waals surface area contributed by atoms with Gasteiger partial charge in [-0.15, -0.1) is 0 Å². The number of hydrogen-bond acceptors (Lipinski definition) is 1. The molecule has 0 fully saturated rings. The van der Waals surface area contributed by atoms with Crippen LogP contribution in [0.3, 0.4) is 0 Å². The monoisotopic (exact) mass is 306 g/mol. The van der Waals surface area contributed by atoms with Crippen molar-refractivity contribution >= 4 is 34.6 Å². The number of anilines is 1. The summed E-state index contributed by atoms with van der Waals surface area (Å²) in [5.41, 5.74) is 2.16. The smallest absolute Gasteiger partial charge is 0.173 e. The van der Waals surface area contributed by atoms with Crippen molar-refractivity contribution in [3.63, 3.8) is 0 Å². The molecule has 1 heterocycles. The number of pyridine rings is 1. The number of hydrogen-bond donors (Lipinski definition) is 1. The Kier molecular flexibility index (Phi) is 5.32. The minimum Gasteiger partial charge on any atom is -0.345 e. The Labute approximate surface area is 129 Å². The van der Waals surface area contributed by atoms with Crippen molar-refractivity contribution in [2.75, 3.05) is 11.9 Å². The van der Waals surface area contributed by atoms with Crippen LogP contribution in [0.2, 0.25) is 5.02 Å². The van der Waals surface area contributed by atoms with E-state index in [0.717, 1.165) is 18.8 Å². The number of nitrogens with one attached hydrogen (secondary N) is 2. The zero-order valence-electron chi connectivity index (χ0n) is 11.3. The Morgan fingerprint density at radius 2 is 1.85 bits per heavy atom. The first kappa shape index (κ1) is 14.8. The van der Waals surface area contributed by atoms with Crippen LogP contribution in [0.4, 0.5) is 5.69 Å². The molecule has 0 aliphatic heterocycles. The fourth-order valence-corrected chi connectivity index (χ4v) is 2.25. The van der Waals surface area contributed by atoms with E-state index in [1.165, 1.54) is 5.56 Å². The van der Waals surface area contributed by atoms with Gasteiger partial charge in [0.2, 0.25) is 0 Å². The summed E-state index contributed by atoms with van der Waals surface area (Å²) < 4.78 is 0. The molecule has 2 aromatic rings. The van der Waals surface area contributed by atoms with Gasteiger partial charge >= 0.3 is 0 Å². The molecular formula is C15H17ClN3S+. The molecular weight excluding hydrogens is 290 g/mol. The van der Waals surface area contributed by atoms with Gasteiger partial charge in [-0.2, -0.15) is 0 Å². The van der Waals surface area contributed by atoms with E-state index in [0.29, 0.717) is 10.1 Å². The first-order valence-corrected chi connectivity index (χ1v) is 7.24. The highest BCUT2D eigenvalue weighted by molar-refractivity contribution is 7.80. The van der Waals surface area contributed by atoms with Gasteiger partial charge in [-0.3, -0.25) is 0 Å². The Bertz CT molecular complexity index is 557. The lowest BCUT2D eigenvalue weighted by Crippen LogP contribution is -2.34. The second kappa shape index (κ2) is 7.22. The van der Waals surface area contributed by atoms with Crippen LogP contribution in [0, 0.1) is 0 Å². The van der Waals surface area contributed by atoms with Gasteiger partial charge in [0.15, 0.2) is 17.5 Å². The minimum atomic E-state index is 0.711. The molecule has 0 amide bonds. The Balaban J connectivity index is 2.00. The van der Waals surface area contributed by atoms with Crippen LogP contribution >= 0.6 is 23.8 Å². The van der Waals surface area contributed by atoms with Crippen LogP contribution in [0.5, 0.6) is 0 Å². The van der Waals surface area contributed by atoms with Gasteiger partial charge in [-0.1, -0.05) is 11.6 Å². The molecule has 104 valence electrons. The fourth-order valence-electron chi connectivity index (χ4n) is 1.81. The van der Waals surface area contributed by atoms with E-state index >= 15 is 0 Å². The molecule has 0 aliphatic carbocycles. The zero-order chi connectivity index (χ0) is 14.4. The van der Waals surface area contributed by atoms with Crippen LogP contribution in [-0.4, -0.2) is 16.6 Å². The number of aromatic nitrogens is 1. The van der Waals surface area contributed by atoms with Crippen molar-refractivity contribution < 1.29 is 4.98 Å². The number of H-pyrrole nitrogens is 1. The number of benzene rings is 1. The van der Waals surface area contributed by atoms with Gasteiger partial charge in [0.25, 0.3) is 0 Å². The van der Waals surface area contributed by atoms with Crippen molar-refractivity contribution in [3.8, 4) is 0 Å². The molecule has 0 saturated carbocycles. The van der Waals surface area contributed by atoms with Gasteiger partial charge in [-0.05, 0) is 49.0 Å². The van der Waals surface area contributed by atoms with Gasteiger partial charge in [-0.25, -0.2) is 4.98 Å². The Morgan fingerprint density at radius 1 is 1.20 bits per heavy atom. The molecule has 2 rings (SSSR count). The molecule has 1 aromatic carbocycles. The van der Waals surface area contributed by atoms with Crippen LogP contribution in [0.15, 0.2) is 48.8 Å². The summed E-state index contributed by atoms with van der Waals surface area (Å²) in [7, 11) is 0. The van der Waals surface area contributed by atoms with Crippen LogP contribution in [-0.2, 0) is 6.54 Å². The molecule has 0 spiro atoms. The van der Waals surface area contributed by atoms with Crippen molar-refractivity contribution in [3.05, 3.63) is 59.4 Å². The maximum atomic E-state index is 5.87. The van der Waals surface area contributed by atoms with Gasteiger partial charge in [0.1, 0.15) is 0 Å². The third-order valence-corrected chi connectivity index (χ3v) is 3.54. The number of nitrogens with zero attached hydrogens (tertiary/aromatic N) is 1. The third kappa shape index (κ3) is 4.18. The van der Waals surface area contributed by atoms with Crippen molar-refractivity contribution in [1.29, 1.82) is 0 Å². The lowest BCUT2D eigenvalue weighted by molar-refractivity contribution is -0.378. The summed E-state index contributed by atoms with van der Waals surface area (Å²) in [6, 6.07) is 11.6. The highest BCUT2D eigenvalue weighted by atomic mass is 35.5. The van der Waals surface area contributed by atoms with E-state index in [9.17, 15) is 0 Å². The number of thiocarbonyl (C=S) groups is 1. The molecule has 0 atom stereocenters. The average Bonchev–Trinajstić information content (AvgIpc) is 2.48. The normalized spacial score (nSPS) is 10.1. The summed E-state index contributed by atoms with van der Waals surface area (Å²) in [6.45, 7) is 3.72. The predicted octanol–water partition coefficient (Wildman–Crippen LogP) is 3.37. The quantitative estimate of drug-likeness (QED) is 0.878. The highest BCUT2D eigenvalue weighted by Crippen LogP contribution is 2.14. The lowest BCUT2D eigenvalue weighted by atomic mass is 10.2. The van der Waals surface area contributed by atoms with E-state index in [2.05, 4.69) is 22.1 Å². The molecule has 20 heavy (non-hydrogen) atoms. The molecule has 2 N–H and O–H groups in total. The van der Waals surface area contributed by atoms with E-state index in [-0.39, 0.29) is 0 Å². The standard InChI is InChI=1S/C15H16ClN3S/c1-2-19(11-12-7-9-17-10-8-12)15(20)18-14-5-3-13(16)4-6-14/h3-10H,2,11H2,1H3,(H,18,20)/p+1. The maximum absolute atomic E-state index is 5.87. The molecule has 5 heteroatoms. The molecule has 0 bridgehead atoms. The molecule has 1 aromatic heterocycles. The molecule has 3 nitrogen and oxygen atoms in total. The summed E-state index contributed by atoms with van der Waals surface area (Å²) in [5.74, 6) is 0. The predicted molar refractivity (Wildman–Crippen MR) is 86.8 cm³/mol. The first-order valence-electron chi connectivity index (χ1n) is 6.45. The van der Waals surface area contributed by atoms with Gasteiger partial charge < -0.3 is 10.2 Å². The maximum Gasteiger partial charge on any atom is 0.173 e. The second-order valence-corrected chi connectivity index (χ2v) is 5.18. The SMILES string of the molecule is CCN(Cc1cc[nH+]cc1)C(=S)Nc1ccc(Cl)cc1. The number of halogens is 1. The van der Waals surface area contributed by atoms with Crippen molar-refractivity contribution in [2.24, 2.45) is 0 Å². The molecule has 0 unspecified atom stereocenters. The fraction of sp³-hybridized carbons (Fsp3) is 0.200. The highest BCUT2D eigenvalue weighted by Gasteiger charge is 2.09. The number of rotatable bonds is 4. The van der Waals surface area contributed by atoms with E-state index < -0.39 is 0 Å². The lowest BCUT2D eigenvalue weighted by Gasteiger charge is -2.24. The van der Waals surface area contributed by atoms with E-state index in [1.807, 2.05) is 48.8 Å². The van der Waals surface area contributed by atoms with E-state index in [4.69, 9.17) is 23.8 Å². The third-order valence-electron chi connectivity index (χ3n) is 2.93. The summed E-state index contributed by atoms with van der Waals surface area (Å²) in [6.07, 6.45) is 3.83. The molecule has 0 radical (unpaired) electrons. The van der Waals surface area contributed by atoms with Crippen LogP contribution < -0.4 is 10.3 Å². The second-order valence-electron chi connectivity index (χ2n) is 4.36. The van der Waals surface area contributed by atoms with Gasteiger partial charge in [0.05, 0.1) is 0 Å². The molecule has 0 aliphatic rings. The summed E-state index contributed by atoms with van der Waals surface area (Å²) in [5, 5.41) is 4.66. The number of aromatic amines is 1. The summed E-state index contributed by atoms with van der Waals surface area (Å²) >= 11 is 11.3. The average molecular weight is 307 g/mol.